The van der Waals surface area contributed by atoms with Crippen LogP contribution in [-0.4, -0.2) is 49.0 Å². The smallest absolute Gasteiger partial charge is 0.266 e. The molecule has 0 amide bonds. The Morgan fingerprint density at radius 1 is 1.30 bits per heavy atom. The van der Waals surface area contributed by atoms with Crippen LogP contribution in [0.5, 0.6) is 0 Å². The number of nitrogens with zero attached hydrogens (tertiary/aromatic N) is 5. The highest BCUT2D eigenvalue weighted by Gasteiger charge is 2.26. The van der Waals surface area contributed by atoms with Crippen LogP contribution < -0.4 is 16.2 Å². The zero-order valence-electron chi connectivity index (χ0n) is 16.1. The molecule has 4 aromatic heterocycles. The molecular formula is C19H19ClN8OS. The maximum atomic E-state index is 11.6. The van der Waals surface area contributed by atoms with E-state index in [4.69, 9.17) is 22.3 Å². The molecule has 0 bridgehead atoms. The second kappa shape index (κ2) is 7.53. The third kappa shape index (κ3) is 3.40. The minimum absolute atomic E-state index is 0.114. The molecule has 0 spiro atoms. The van der Waals surface area contributed by atoms with Gasteiger partial charge in [-0.2, -0.15) is 0 Å². The number of hydrogen-bond acceptors (Lipinski definition) is 8. The second-order valence-electron chi connectivity index (χ2n) is 7.21. The Hall–Kier alpha value is -2.69. The molecule has 0 radical (unpaired) electrons. The number of rotatable bonds is 4. The Morgan fingerprint density at radius 3 is 2.90 bits per heavy atom. The van der Waals surface area contributed by atoms with Crippen LogP contribution in [0.25, 0.3) is 22.2 Å². The van der Waals surface area contributed by atoms with Crippen LogP contribution in [0.15, 0.2) is 33.3 Å². The first-order chi connectivity index (χ1) is 14.5. The van der Waals surface area contributed by atoms with E-state index in [1.54, 1.807) is 6.20 Å². The summed E-state index contributed by atoms with van der Waals surface area (Å²) in [6.07, 6.45) is 4.58. The van der Waals surface area contributed by atoms with Crippen molar-refractivity contribution in [1.29, 1.82) is 0 Å². The molecule has 1 unspecified atom stereocenters. The van der Waals surface area contributed by atoms with Crippen LogP contribution in [0, 0.1) is 0 Å². The quantitative estimate of drug-likeness (QED) is 0.411. The predicted molar refractivity (Wildman–Crippen MR) is 117 cm³/mol. The molecule has 0 aromatic carbocycles. The van der Waals surface area contributed by atoms with Crippen molar-refractivity contribution in [2.45, 2.75) is 35.9 Å². The number of fused-ring (bicyclic) bond motifs is 2. The first-order valence-corrected chi connectivity index (χ1v) is 10.8. The van der Waals surface area contributed by atoms with E-state index in [1.807, 2.05) is 13.0 Å². The number of pyridine rings is 1. The number of anilines is 1. The first-order valence-electron chi connectivity index (χ1n) is 9.63. The van der Waals surface area contributed by atoms with Crippen molar-refractivity contribution in [3.05, 3.63) is 39.5 Å². The number of aromatic nitrogens is 6. The number of aryl methyl sites for hydroxylation is 1. The Morgan fingerprint density at radius 2 is 2.13 bits per heavy atom. The van der Waals surface area contributed by atoms with E-state index in [1.165, 1.54) is 18.0 Å². The van der Waals surface area contributed by atoms with E-state index in [9.17, 15) is 4.79 Å². The van der Waals surface area contributed by atoms with Gasteiger partial charge in [0.1, 0.15) is 11.5 Å². The molecular weight excluding hydrogens is 424 g/mol. The molecule has 1 aliphatic rings. The molecule has 0 saturated carbocycles. The van der Waals surface area contributed by atoms with Crippen molar-refractivity contribution in [3.8, 4) is 0 Å². The number of halogens is 1. The first kappa shape index (κ1) is 19.3. The average molecular weight is 443 g/mol. The highest BCUT2D eigenvalue weighted by molar-refractivity contribution is 7.99. The third-order valence-corrected chi connectivity index (χ3v) is 6.35. The number of hydrogen-bond donors (Lipinski definition) is 3. The van der Waals surface area contributed by atoms with Crippen LogP contribution in [0.4, 0.5) is 5.82 Å². The summed E-state index contributed by atoms with van der Waals surface area (Å²) < 4.78 is 0. The van der Waals surface area contributed by atoms with Crippen molar-refractivity contribution in [1.82, 2.24) is 29.9 Å². The molecule has 1 atom stereocenters. The Balaban J connectivity index is 1.60. The lowest BCUT2D eigenvalue weighted by atomic mass is 10.3. The van der Waals surface area contributed by atoms with Crippen LogP contribution in [0.2, 0.25) is 5.02 Å². The van der Waals surface area contributed by atoms with E-state index in [0.717, 1.165) is 47.7 Å². The fraction of sp³-hybridized carbons (Fsp3) is 0.316. The van der Waals surface area contributed by atoms with E-state index < -0.39 is 0 Å². The van der Waals surface area contributed by atoms with Gasteiger partial charge in [0.05, 0.1) is 22.1 Å². The van der Waals surface area contributed by atoms with Crippen molar-refractivity contribution < 1.29 is 0 Å². The van der Waals surface area contributed by atoms with Crippen molar-refractivity contribution in [2.24, 2.45) is 5.73 Å². The van der Waals surface area contributed by atoms with Gasteiger partial charge in [-0.15, -0.1) is 0 Å². The minimum Gasteiger partial charge on any atom is -0.354 e. The van der Waals surface area contributed by atoms with Gasteiger partial charge in [0.25, 0.3) is 5.56 Å². The maximum Gasteiger partial charge on any atom is 0.266 e. The van der Waals surface area contributed by atoms with Gasteiger partial charge >= 0.3 is 0 Å². The molecule has 30 heavy (non-hydrogen) atoms. The van der Waals surface area contributed by atoms with Gasteiger partial charge in [0.2, 0.25) is 0 Å². The van der Waals surface area contributed by atoms with Gasteiger partial charge in [-0.25, -0.2) is 19.9 Å². The topological polar surface area (TPSA) is 129 Å². The molecule has 1 fully saturated rings. The van der Waals surface area contributed by atoms with E-state index in [-0.39, 0.29) is 11.6 Å². The van der Waals surface area contributed by atoms with Gasteiger partial charge in [-0.05, 0) is 30.7 Å². The lowest BCUT2D eigenvalue weighted by Gasteiger charge is -2.18. The van der Waals surface area contributed by atoms with Crippen LogP contribution in [0.1, 0.15) is 19.0 Å². The summed E-state index contributed by atoms with van der Waals surface area (Å²) in [6.45, 7) is 3.59. The number of aromatic amines is 2. The Bertz CT molecular complexity index is 1320. The third-order valence-electron chi connectivity index (χ3n) is 5.11. The molecule has 4 N–H and O–H groups in total. The van der Waals surface area contributed by atoms with Gasteiger partial charge in [-0.3, -0.25) is 4.79 Å². The van der Waals surface area contributed by atoms with Crippen LogP contribution in [0.3, 0.4) is 0 Å². The van der Waals surface area contributed by atoms with Crippen molar-refractivity contribution in [3.63, 3.8) is 0 Å². The molecule has 4 aromatic rings. The molecule has 11 heteroatoms. The molecule has 9 nitrogen and oxygen atoms in total. The van der Waals surface area contributed by atoms with E-state index in [0.29, 0.717) is 27.0 Å². The maximum absolute atomic E-state index is 11.6. The van der Waals surface area contributed by atoms with Gasteiger partial charge in [-0.1, -0.05) is 18.5 Å². The van der Waals surface area contributed by atoms with Crippen LogP contribution in [-0.2, 0) is 6.42 Å². The number of nitrogens with one attached hydrogen (secondary N) is 2. The molecule has 154 valence electrons. The summed E-state index contributed by atoms with van der Waals surface area (Å²) in [5, 5.41) is 2.05. The lowest BCUT2D eigenvalue weighted by molar-refractivity contribution is 0.751. The summed E-state index contributed by atoms with van der Waals surface area (Å²) in [5.41, 5.74) is 8.53. The van der Waals surface area contributed by atoms with E-state index in [2.05, 4.69) is 29.8 Å². The summed E-state index contributed by atoms with van der Waals surface area (Å²) in [5.74, 6) is 0.792. The normalized spacial score (nSPS) is 16.8. The highest BCUT2D eigenvalue weighted by atomic mass is 35.5. The predicted octanol–water partition coefficient (Wildman–Crippen LogP) is 2.49. The summed E-state index contributed by atoms with van der Waals surface area (Å²) in [6, 6.07) is 1.93. The highest BCUT2D eigenvalue weighted by Crippen LogP contribution is 2.37. The van der Waals surface area contributed by atoms with Crippen LogP contribution >= 0.6 is 23.4 Å². The standard InChI is InChI=1S/C19H19ClN8OS/c1-2-11-15(20)14-17(25-11)26-19(27-18(14)28-4-3-9(21)8-28)30-10-5-12-16(22-6-10)23-7-13(29)24-12/h5-7,9H,2-4,8,21H2,1H3,(H,24,29)(H,25,26,27). The average Bonchev–Trinajstić information content (AvgIpc) is 3.30. The lowest BCUT2D eigenvalue weighted by Crippen LogP contribution is -2.27. The summed E-state index contributed by atoms with van der Waals surface area (Å²) in [4.78, 5) is 38.4. The van der Waals surface area contributed by atoms with Crippen molar-refractivity contribution >= 4 is 51.4 Å². The Kier molecular flexibility index (Phi) is 4.84. The van der Waals surface area contributed by atoms with Gasteiger partial charge < -0.3 is 20.6 Å². The Labute approximate surface area is 180 Å². The fourth-order valence-electron chi connectivity index (χ4n) is 3.65. The second-order valence-corrected chi connectivity index (χ2v) is 8.63. The monoisotopic (exact) mass is 442 g/mol. The fourth-order valence-corrected chi connectivity index (χ4v) is 4.76. The molecule has 5 heterocycles. The van der Waals surface area contributed by atoms with Gasteiger partial charge in [0.15, 0.2) is 10.8 Å². The van der Waals surface area contributed by atoms with Gasteiger partial charge in [0, 0.05) is 35.9 Å². The molecule has 0 aliphatic carbocycles. The SMILES string of the molecule is CCc1[nH]c2nc(Sc3cnc4ncc(=O)[nH]c4c3)nc(N3CCC(N)C3)c2c1Cl. The van der Waals surface area contributed by atoms with E-state index >= 15 is 0 Å². The molecule has 1 aliphatic heterocycles. The van der Waals surface area contributed by atoms with Crippen molar-refractivity contribution in [2.75, 3.05) is 18.0 Å². The number of H-pyrrole nitrogens is 2. The summed E-state index contributed by atoms with van der Waals surface area (Å²) >= 11 is 8.01. The zero-order valence-corrected chi connectivity index (χ0v) is 17.7. The largest absolute Gasteiger partial charge is 0.354 e. The number of nitrogens with two attached hydrogens (primary N) is 1. The molecule has 5 rings (SSSR count). The zero-order chi connectivity index (χ0) is 20.8. The minimum atomic E-state index is -0.273. The summed E-state index contributed by atoms with van der Waals surface area (Å²) in [7, 11) is 0. The molecule has 1 saturated heterocycles.